The third-order valence-corrected chi connectivity index (χ3v) is 0. The maximum atomic E-state index is 8.56. The van der Waals surface area contributed by atoms with Crippen LogP contribution in [0.4, 0.5) is 9.59 Å². The summed E-state index contributed by atoms with van der Waals surface area (Å²) in [5, 5.41) is 52.1. The smallest absolute Gasteiger partial charge is 0.652 e. The van der Waals surface area contributed by atoms with E-state index in [9.17, 15) is 0 Å². The molecule has 0 aromatic carbocycles. The van der Waals surface area contributed by atoms with Gasteiger partial charge in [0.05, 0.1) is 0 Å². The summed E-state index contributed by atoms with van der Waals surface area (Å²) < 4.78 is 0. The number of hydrogen-bond acceptors (Lipinski definition) is 7. The third kappa shape index (κ3) is 7000. The SMILES string of the molecule is O=C(O)O.O=C([O-])[O-].OB(O)O.[Na+].[Na+]. The molecule has 0 bridgehead atoms. The summed E-state index contributed by atoms with van der Waals surface area (Å²) in [5.74, 6) is 0. The first-order valence-electron chi connectivity index (χ1n) is 2.04. The normalized spacial score (nSPS) is 5.36. The van der Waals surface area contributed by atoms with Crippen LogP contribution in [0.3, 0.4) is 0 Å². The number of rotatable bonds is 0. The molecule has 0 unspecified atom stereocenters. The first-order chi connectivity index (χ1) is 5.20. The van der Waals surface area contributed by atoms with Crippen LogP contribution < -0.4 is 69.3 Å². The van der Waals surface area contributed by atoms with E-state index in [1.165, 1.54) is 0 Å². The summed E-state index contributed by atoms with van der Waals surface area (Å²) in [4.78, 5) is 16.9. The topological polar surface area (TPSA) is 181 Å². The van der Waals surface area contributed by atoms with Gasteiger partial charge in [0.25, 0.3) is 0 Å². The maximum Gasteiger partial charge on any atom is 1.00 e. The van der Waals surface area contributed by atoms with Crippen LogP contribution in [-0.4, -0.2) is 44.9 Å². The van der Waals surface area contributed by atoms with Gasteiger partial charge in [0, 0.05) is 0 Å². The van der Waals surface area contributed by atoms with Crippen LogP contribution in [0.25, 0.3) is 0 Å². The van der Waals surface area contributed by atoms with Crippen LogP contribution in [0.15, 0.2) is 0 Å². The van der Waals surface area contributed by atoms with E-state index in [0.29, 0.717) is 0 Å². The molecule has 5 N–H and O–H groups in total. The Balaban J connectivity index is -0.0000000270. The predicted molar refractivity (Wildman–Crippen MR) is 28.5 cm³/mol. The first kappa shape index (κ1) is 29.3. The molecular formula is C2H5BNa2O9. The molecule has 0 spiro atoms. The van der Waals surface area contributed by atoms with Gasteiger partial charge in [-0.15, -0.1) is 0 Å². The predicted octanol–water partition coefficient (Wildman–Crippen LogP) is -10.3. The van der Waals surface area contributed by atoms with E-state index >= 15 is 0 Å². The Morgan fingerprint density at radius 3 is 0.929 bits per heavy atom. The second kappa shape index (κ2) is 23.4. The number of carbonyl (C=O) groups is 2. The molecule has 12 heteroatoms. The summed E-state index contributed by atoms with van der Waals surface area (Å²) in [6, 6.07) is 0. The second-order valence-electron chi connectivity index (χ2n) is 0.879. The summed E-state index contributed by atoms with van der Waals surface area (Å²) in [6.07, 6.45) is -4.17. The number of carboxylic acid groups (broad SMARTS) is 4. The van der Waals surface area contributed by atoms with E-state index in [-0.39, 0.29) is 59.1 Å². The molecule has 0 rings (SSSR count). The maximum absolute atomic E-state index is 8.56. The monoisotopic (exact) mass is 230 g/mol. The molecule has 0 amide bonds. The minimum Gasteiger partial charge on any atom is -0.652 e. The third-order valence-electron chi connectivity index (χ3n) is 0. The molecule has 0 saturated heterocycles. The van der Waals surface area contributed by atoms with Crippen LogP contribution in [-0.2, 0) is 0 Å². The van der Waals surface area contributed by atoms with Crippen molar-refractivity contribution in [3.63, 3.8) is 0 Å². The molecule has 0 aromatic heterocycles. The average molecular weight is 230 g/mol. The van der Waals surface area contributed by atoms with E-state index in [2.05, 4.69) is 0 Å². The molecule has 0 fully saturated rings. The van der Waals surface area contributed by atoms with Crippen LogP contribution in [0.1, 0.15) is 0 Å². The molecule has 0 saturated carbocycles. The largest absolute Gasteiger partial charge is 1.00 e. The zero-order chi connectivity index (χ0) is 10.7. The van der Waals surface area contributed by atoms with Crippen molar-refractivity contribution < 1.29 is 104 Å². The van der Waals surface area contributed by atoms with Crippen molar-refractivity contribution in [3.8, 4) is 0 Å². The van der Waals surface area contributed by atoms with Gasteiger partial charge in [-0.25, -0.2) is 4.79 Å². The van der Waals surface area contributed by atoms with Crippen molar-refractivity contribution in [2.75, 3.05) is 0 Å². The number of carbonyl (C=O) groups excluding carboxylic acids is 1. The molecule has 0 radical (unpaired) electrons. The minimum atomic E-state index is -2.33. The molecule has 14 heavy (non-hydrogen) atoms. The Labute approximate surface area is 123 Å². The first-order valence-corrected chi connectivity index (χ1v) is 2.04. The molecule has 0 atom stereocenters. The van der Waals surface area contributed by atoms with Crippen molar-refractivity contribution in [1.29, 1.82) is 0 Å². The van der Waals surface area contributed by atoms with Crippen LogP contribution >= 0.6 is 0 Å². The Morgan fingerprint density at radius 1 is 0.929 bits per heavy atom. The summed E-state index contributed by atoms with van der Waals surface area (Å²) in [7, 11) is -2.17. The Bertz CT molecular complexity index is 105. The van der Waals surface area contributed by atoms with E-state index < -0.39 is 19.6 Å². The van der Waals surface area contributed by atoms with Crippen LogP contribution in [0.2, 0.25) is 0 Å². The zero-order valence-electron chi connectivity index (χ0n) is 7.45. The van der Waals surface area contributed by atoms with Crippen molar-refractivity contribution >= 4 is 19.6 Å². The van der Waals surface area contributed by atoms with Gasteiger partial charge in [-0.3, -0.25) is 0 Å². The average Bonchev–Trinajstić information content (AvgIpc) is 1.54. The van der Waals surface area contributed by atoms with E-state index in [1.807, 2.05) is 0 Å². The van der Waals surface area contributed by atoms with Crippen molar-refractivity contribution in [3.05, 3.63) is 0 Å². The van der Waals surface area contributed by atoms with Crippen LogP contribution in [0.5, 0.6) is 0 Å². The quantitative estimate of drug-likeness (QED) is 0.252. The van der Waals surface area contributed by atoms with Crippen molar-refractivity contribution in [2.24, 2.45) is 0 Å². The van der Waals surface area contributed by atoms with Gasteiger partial charge < -0.3 is 40.3 Å². The Morgan fingerprint density at radius 2 is 0.929 bits per heavy atom. The molecule has 0 aromatic rings. The summed E-state index contributed by atoms with van der Waals surface area (Å²) >= 11 is 0. The van der Waals surface area contributed by atoms with Crippen molar-refractivity contribution in [2.45, 2.75) is 0 Å². The Kier molecular flexibility index (Phi) is 48.9. The molecule has 72 valence electrons. The van der Waals surface area contributed by atoms with Gasteiger partial charge in [0.15, 0.2) is 0 Å². The molecule has 0 aliphatic rings. The molecule has 0 aliphatic carbocycles. The fraction of sp³-hybridized carbons (Fsp3) is 0. The fourth-order valence-corrected chi connectivity index (χ4v) is 0. The minimum absolute atomic E-state index is 0. The van der Waals surface area contributed by atoms with Gasteiger partial charge in [-0.1, -0.05) is 0 Å². The molecular weight excluding hydrogens is 225 g/mol. The van der Waals surface area contributed by atoms with Crippen molar-refractivity contribution in [1.82, 2.24) is 0 Å². The van der Waals surface area contributed by atoms with Crippen LogP contribution in [0, 0.1) is 0 Å². The molecule has 0 aliphatic heterocycles. The number of hydrogen-bond donors (Lipinski definition) is 5. The van der Waals surface area contributed by atoms with Gasteiger partial charge in [-0.05, 0) is 6.16 Å². The fourth-order valence-electron chi connectivity index (χ4n) is 0. The molecule has 0 heterocycles. The van der Waals surface area contributed by atoms with E-state index in [0.717, 1.165) is 0 Å². The van der Waals surface area contributed by atoms with Gasteiger partial charge >= 0.3 is 72.6 Å². The van der Waals surface area contributed by atoms with Gasteiger partial charge in [0.2, 0.25) is 0 Å². The van der Waals surface area contributed by atoms with Gasteiger partial charge in [0.1, 0.15) is 0 Å². The molecule has 9 nitrogen and oxygen atoms in total. The van der Waals surface area contributed by atoms with E-state index in [1.54, 1.807) is 0 Å². The van der Waals surface area contributed by atoms with E-state index in [4.69, 9.17) is 45.1 Å². The van der Waals surface area contributed by atoms with Gasteiger partial charge in [-0.2, -0.15) is 0 Å². The zero-order valence-corrected chi connectivity index (χ0v) is 11.4. The summed E-state index contributed by atoms with van der Waals surface area (Å²) in [5.41, 5.74) is 0. The standard InChI is InChI=1S/2CH2O3.BH3O3.2Na/c3*2-1(3)4;;/h2*(H2,2,3,4);2-4H;;/q;;;2*+1/p-2. The second-order valence-corrected chi connectivity index (χ2v) is 0.879. The Hall–Kier alpha value is 0.485. The summed E-state index contributed by atoms with van der Waals surface area (Å²) in [6.45, 7) is 0.